The number of hydrogen-bond acceptors (Lipinski definition) is 4. The van der Waals surface area contributed by atoms with Crippen LogP contribution in [0.3, 0.4) is 0 Å². The van der Waals surface area contributed by atoms with E-state index in [0.29, 0.717) is 12.5 Å². The lowest BCUT2D eigenvalue weighted by Gasteiger charge is -2.04. The van der Waals surface area contributed by atoms with Crippen LogP contribution in [-0.2, 0) is 13.2 Å². The minimum Gasteiger partial charge on any atom is -0.483 e. The predicted octanol–water partition coefficient (Wildman–Crippen LogP) is 3.70. The molecule has 1 aromatic carbocycles. The van der Waals surface area contributed by atoms with Gasteiger partial charge in [-0.25, -0.2) is 9.37 Å². The number of nitrogens with one attached hydrogen (secondary N) is 1. The van der Waals surface area contributed by atoms with E-state index in [2.05, 4.69) is 24.1 Å². The lowest BCUT2D eigenvalue weighted by Crippen LogP contribution is -2.06. The minimum atomic E-state index is -0.344. The molecule has 1 heterocycles. The van der Waals surface area contributed by atoms with Crippen LogP contribution in [0.2, 0.25) is 0 Å². The van der Waals surface area contributed by atoms with Crippen LogP contribution >= 0.6 is 11.3 Å². The van der Waals surface area contributed by atoms with E-state index < -0.39 is 0 Å². The molecular weight excluding hydrogens is 275 g/mol. The zero-order chi connectivity index (χ0) is 14.5. The van der Waals surface area contributed by atoms with Gasteiger partial charge >= 0.3 is 0 Å². The van der Waals surface area contributed by atoms with Gasteiger partial charge in [-0.05, 0) is 25.1 Å². The van der Waals surface area contributed by atoms with Crippen LogP contribution in [0.15, 0.2) is 24.3 Å². The molecule has 0 bridgehead atoms. The molecular formula is C15H19FN2OS. The van der Waals surface area contributed by atoms with Crippen molar-refractivity contribution in [1.82, 2.24) is 10.3 Å². The minimum absolute atomic E-state index is 0.268. The van der Waals surface area contributed by atoms with Crippen LogP contribution in [0.25, 0.3) is 0 Å². The molecule has 2 aromatic rings. The first-order chi connectivity index (χ1) is 9.61. The number of halogens is 1. The fourth-order valence-corrected chi connectivity index (χ4v) is 3.06. The highest BCUT2D eigenvalue weighted by Gasteiger charge is 2.14. The lowest BCUT2D eigenvalue weighted by molar-refractivity contribution is 0.289. The normalized spacial score (nSPS) is 11.1. The zero-order valence-electron chi connectivity index (χ0n) is 11.9. The van der Waals surface area contributed by atoms with Crippen molar-refractivity contribution < 1.29 is 9.13 Å². The third-order valence-electron chi connectivity index (χ3n) is 2.84. The van der Waals surface area contributed by atoms with Gasteiger partial charge in [0, 0.05) is 11.4 Å². The molecule has 20 heavy (non-hydrogen) atoms. The average Bonchev–Trinajstić information content (AvgIpc) is 2.82. The van der Waals surface area contributed by atoms with Crippen molar-refractivity contribution in [3.8, 4) is 5.75 Å². The average molecular weight is 294 g/mol. The summed E-state index contributed by atoms with van der Waals surface area (Å²) in [7, 11) is 1.92. The number of ether oxygens (including phenoxy) is 1. The Hall–Kier alpha value is -1.46. The van der Waals surface area contributed by atoms with Crippen molar-refractivity contribution in [2.45, 2.75) is 32.9 Å². The van der Waals surface area contributed by atoms with E-state index in [9.17, 15) is 4.39 Å². The Balaban J connectivity index is 2.10. The van der Waals surface area contributed by atoms with E-state index in [-0.39, 0.29) is 11.6 Å². The SMILES string of the molecule is CNCc1sc(COc2ccccc2F)nc1C(C)C. The quantitative estimate of drug-likeness (QED) is 0.882. The topological polar surface area (TPSA) is 34.1 Å². The molecule has 3 nitrogen and oxygen atoms in total. The van der Waals surface area contributed by atoms with Gasteiger partial charge in [0.05, 0.1) is 5.69 Å². The van der Waals surface area contributed by atoms with Crippen molar-refractivity contribution >= 4 is 11.3 Å². The molecule has 0 radical (unpaired) electrons. The van der Waals surface area contributed by atoms with Gasteiger partial charge < -0.3 is 10.1 Å². The molecule has 0 saturated carbocycles. The molecule has 2 rings (SSSR count). The van der Waals surface area contributed by atoms with Crippen molar-refractivity contribution in [3.63, 3.8) is 0 Å². The fourth-order valence-electron chi connectivity index (χ4n) is 1.92. The lowest BCUT2D eigenvalue weighted by atomic mass is 10.1. The summed E-state index contributed by atoms with van der Waals surface area (Å²) < 4.78 is 19.0. The van der Waals surface area contributed by atoms with E-state index in [0.717, 1.165) is 17.2 Å². The van der Waals surface area contributed by atoms with Gasteiger partial charge in [0.2, 0.25) is 0 Å². The van der Waals surface area contributed by atoms with E-state index in [1.54, 1.807) is 29.5 Å². The van der Waals surface area contributed by atoms with Crippen LogP contribution < -0.4 is 10.1 Å². The molecule has 0 unspecified atom stereocenters. The van der Waals surface area contributed by atoms with Crippen molar-refractivity contribution in [3.05, 3.63) is 45.7 Å². The van der Waals surface area contributed by atoms with Gasteiger partial charge in [-0.2, -0.15) is 0 Å². The van der Waals surface area contributed by atoms with Crippen molar-refractivity contribution in [1.29, 1.82) is 0 Å². The molecule has 0 aliphatic rings. The first-order valence-corrected chi connectivity index (χ1v) is 7.44. The van der Waals surface area contributed by atoms with Gasteiger partial charge in [-0.15, -0.1) is 11.3 Å². The number of thiazole rings is 1. The maximum Gasteiger partial charge on any atom is 0.165 e. The summed E-state index contributed by atoms with van der Waals surface area (Å²) in [4.78, 5) is 5.82. The second-order valence-corrected chi connectivity index (χ2v) is 5.99. The number of rotatable bonds is 6. The molecule has 0 saturated heterocycles. The summed E-state index contributed by atoms with van der Waals surface area (Å²) in [5.41, 5.74) is 1.09. The molecule has 0 spiro atoms. The largest absolute Gasteiger partial charge is 0.483 e. The van der Waals surface area contributed by atoms with Crippen LogP contribution in [0.1, 0.15) is 35.3 Å². The Labute approximate surface area is 122 Å². The Morgan fingerprint density at radius 2 is 2.10 bits per heavy atom. The van der Waals surface area contributed by atoms with E-state index in [1.165, 1.54) is 10.9 Å². The highest BCUT2D eigenvalue weighted by molar-refractivity contribution is 7.11. The second kappa shape index (κ2) is 6.81. The molecule has 1 aromatic heterocycles. The van der Waals surface area contributed by atoms with Crippen LogP contribution in [-0.4, -0.2) is 12.0 Å². The highest BCUT2D eigenvalue weighted by atomic mass is 32.1. The monoisotopic (exact) mass is 294 g/mol. The first-order valence-electron chi connectivity index (χ1n) is 6.62. The van der Waals surface area contributed by atoms with Crippen LogP contribution in [0.5, 0.6) is 5.75 Å². The summed E-state index contributed by atoms with van der Waals surface area (Å²) in [5, 5.41) is 4.02. The molecule has 0 amide bonds. The number of aromatic nitrogens is 1. The first kappa shape index (κ1) is 14.9. The van der Waals surface area contributed by atoms with Gasteiger partial charge in [0.25, 0.3) is 0 Å². The van der Waals surface area contributed by atoms with Gasteiger partial charge in [-0.3, -0.25) is 0 Å². The van der Waals surface area contributed by atoms with E-state index >= 15 is 0 Å². The van der Waals surface area contributed by atoms with E-state index in [1.807, 2.05) is 7.05 Å². The smallest absolute Gasteiger partial charge is 0.165 e. The third-order valence-corrected chi connectivity index (χ3v) is 3.89. The van der Waals surface area contributed by atoms with Gasteiger partial charge in [0.1, 0.15) is 11.6 Å². The summed E-state index contributed by atoms with van der Waals surface area (Å²) in [6.07, 6.45) is 0. The Kier molecular flexibility index (Phi) is 5.09. The van der Waals surface area contributed by atoms with Gasteiger partial charge in [-0.1, -0.05) is 26.0 Å². The third kappa shape index (κ3) is 3.55. The number of benzene rings is 1. The van der Waals surface area contributed by atoms with Crippen molar-refractivity contribution in [2.24, 2.45) is 0 Å². The van der Waals surface area contributed by atoms with Crippen LogP contribution in [0, 0.1) is 5.82 Å². The molecule has 1 N–H and O–H groups in total. The molecule has 108 valence electrons. The standard InChI is InChI=1S/C15H19FN2OS/c1-10(2)15-13(8-17-3)20-14(18-15)9-19-12-7-5-4-6-11(12)16/h4-7,10,17H,8-9H2,1-3H3. The molecule has 0 aliphatic carbocycles. The summed E-state index contributed by atoms with van der Waals surface area (Å²) >= 11 is 1.62. The number of para-hydroxylation sites is 1. The predicted molar refractivity (Wildman–Crippen MR) is 79.7 cm³/mol. The maximum atomic E-state index is 13.5. The highest BCUT2D eigenvalue weighted by Crippen LogP contribution is 2.26. The Morgan fingerprint density at radius 1 is 1.35 bits per heavy atom. The summed E-state index contributed by atoms with van der Waals surface area (Å²) in [5.74, 6) is 0.296. The summed E-state index contributed by atoms with van der Waals surface area (Å²) in [6, 6.07) is 6.42. The number of nitrogens with zero attached hydrogens (tertiary/aromatic N) is 1. The van der Waals surface area contributed by atoms with Crippen molar-refractivity contribution in [2.75, 3.05) is 7.05 Å². The Morgan fingerprint density at radius 3 is 2.75 bits per heavy atom. The Bertz CT molecular complexity index is 569. The second-order valence-electron chi connectivity index (χ2n) is 4.82. The van der Waals surface area contributed by atoms with Crippen LogP contribution in [0.4, 0.5) is 4.39 Å². The molecule has 0 fully saturated rings. The number of hydrogen-bond donors (Lipinski definition) is 1. The maximum absolute atomic E-state index is 13.5. The van der Waals surface area contributed by atoms with Gasteiger partial charge in [0.15, 0.2) is 11.6 Å². The zero-order valence-corrected chi connectivity index (χ0v) is 12.8. The molecule has 0 aliphatic heterocycles. The fraction of sp³-hybridized carbons (Fsp3) is 0.400. The summed E-state index contributed by atoms with van der Waals surface area (Å²) in [6.45, 7) is 5.34. The molecule has 5 heteroatoms. The van der Waals surface area contributed by atoms with E-state index in [4.69, 9.17) is 4.74 Å². The molecule has 0 atom stereocenters.